The summed E-state index contributed by atoms with van der Waals surface area (Å²) in [6, 6.07) is 19.8. The summed E-state index contributed by atoms with van der Waals surface area (Å²) < 4.78 is 2.04. The van der Waals surface area contributed by atoms with E-state index in [0.717, 1.165) is 30.8 Å². The second-order valence-electron chi connectivity index (χ2n) is 4.94. The van der Waals surface area contributed by atoms with Crippen molar-refractivity contribution in [2.75, 3.05) is 0 Å². The summed E-state index contributed by atoms with van der Waals surface area (Å²) in [6.45, 7) is 0. The van der Waals surface area contributed by atoms with Crippen LogP contribution in [0.15, 0.2) is 69.6 Å². The number of Topliss-reactive ketones (excluding diaryl/α,β-unsaturated/α-hetero) is 1. The monoisotopic (exact) mass is 402 g/mol. The third-order valence-electron chi connectivity index (χ3n) is 3.38. The molecule has 0 aliphatic rings. The van der Waals surface area contributed by atoms with E-state index in [-0.39, 0.29) is 5.78 Å². The van der Waals surface area contributed by atoms with E-state index in [0.29, 0.717) is 6.42 Å². The van der Waals surface area contributed by atoms with E-state index in [1.165, 1.54) is 0 Å². The number of rotatable bonds is 3. The zero-order valence-electron chi connectivity index (χ0n) is 11.1. The largest absolute Gasteiger partial charge is 0.294 e. The van der Waals surface area contributed by atoms with Crippen LogP contribution in [0.1, 0.15) is 15.9 Å². The van der Waals surface area contributed by atoms with Crippen LogP contribution in [0.4, 0.5) is 0 Å². The van der Waals surface area contributed by atoms with E-state index in [2.05, 4.69) is 37.9 Å². The highest BCUT2D eigenvalue weighted by Gasteiger charge is 2.08. The van der Waals surface area contributed by atoms with Gasteiger partial charge in [0.2, 0.25) is 0 Å². The molecule has 0 spiro atoms. The average Bonchev–Trinajstić information content (AvgIpc) is 2.46. The molecular weight excluding hydrogens is 392 g/mol. The van der Waals surface area contributed by atoms with Gasteiger partial charge in [-0.3, -0.25) is 4.79 Å². The maximum absolute atomic E-state index is 12.4. The maximum Gasteiger partial charge on any atom is 0.167 e. The smallest absolute Gasteiger partial charge is 0.167 e. The van der Waals surface area contributed by atoms with Crippen molar-refractivity contribution in [1.29, 1.82) is 0 Å². The van der Waals surface area contributed by atoms with Gasteiger partial charge in [0.15, 0.2) is 5.78 Å². The van der Waals surface area contributed by atoms with Gasteiger partial charge in [0.1, 0.15) is 0 Å². The Balaban J connectivity index is 1.89. The SMILES string of the molecule is O=C(Cc1cccc(Br)c1)c1ccc2cc(Br)ccc2c1. The molecule has 3 aromatic rings. The lowest BCUT2D eigenvalue weighted by Crippen LogP contribution is -2.03. The van der Waals surface area contributed by atoms with Gasteiger partial charge in [0, 0.05) is 20.9 Å². The van der Waals surface area contributed by atoms with Crippen molar-refractivity contribution in [3.63, 3.8) is 0 Å². The first-order valence-electron chi connectivity index (χ1n) is 6.59. The van der Waals surface area contributed by atoms with Crippen molar-refractivity contribution in [3.05, 3.63) is 80.7 Å². The molecule has 0 unspecified atom stereocenters. The van der Waals surface area contributed by atoms with Gasteiger partial charge >= 0.3 is 0 Å². The summed E-state index contributed by atoms with van der Waals surface area (Å²) in [5.74, 6) is 0.137. The lowest BCUT2D eigenvalue weighted by atomic mass is 10.00. The third kappa shape index (κ3) is 3.42. The van der Waals surface area contributed by atoms with Crippen LogP contribution in [-0.2, 0) is 6.42 Å². The first-order valence-corrected chi connectivity index (χ1v) is 8.17. The van der Waals surface area contributed by atoms with Crippen molar-refractivity contribution >= 4 is 48.4 Å². The molecule has 0 N–H and O–H groups in total. The molecule has 1 nitrogen and oxygen atoms in total. The van der Waals surface area contributed by atoms with Crippen LogP contribution in [0.25, 0.3) is 10.8 Å². The first-order chi connectivity index (χ1) is 10.1. The van der Waals surface area contributed by atoms with E-state index in [9.17, 15) is 4.79 Å². The summed E-state index contributed by atoms with van der Waals surface area (Å²) in [6.07, 6.45) is 0.418. The molecule has 104 valence electrons. The molecule has 0 heterocycles. The predicted molar refractivity (Wildman–Crippen MR) is 93.8 cm³/mol. The summed E-state index contributed by atoms with van der Waals surface area (Å²) in [5, 5.41) is 2.21. The standard InChI is InChI=1S/C18H12Br2O/c19-16-3-1-2-12(8-16)9-18(21)15-5-4-14-11-17(20)7-6-13(14)10-15/h1-8,10-11H,9H2. The summed E-state index contributed by atoms with van der Waals surface area (Å²) in [4.78, 5) is 12.4. The Hall–Kier alpha value is -1.45. The Labute approximate surface area is 140 Å². The Kier molecular flexibility index (Phi) is 4.22. The van der Waals surface area contributed by atoms with E-state index in [1.807, 2.05) is 54.6 Å². The zero-order chi connectivity index (χ0) is 14.8. The predicted octanol–water partition coefficient (Wildman–Crippen LogP) is 5.79. The Morgan fingerprint density at radius 2 is 1.52 bits per heavy atom. The van der Waals surface area contributed by atoms with E-state index in [1.54, 1.807) is 0 Å². The topological polar surface area (TPSA) is 17.1 Å². The van der Waals surface area contributed by atoms with Crippen LogP contribution < -0.4 is 0 Å². The fraction of sp³-hybridized carbons (Fsp3) is 0.0556. The Morgan fingerprint density at radius 1 is 0.810 bits per heavy atom. The van der Waals surface area contributed by atoms with Crippen molar-refractivity contribution in [1.82, 2.24) is 0 Å². The lowest BCUT2D eigenvalue weighted by molar-refractivity contribution is 0.0993. The van der Waals surface area contributed by atoms with Gasteiger partial charge in [-0.25, -0.2) is 0 Å². The average molecular weight is 404 g/mol. The van der Waals surface area contributed by atoms with Crippen molar-refractivity contribution < 1.29 is 4.79 Å². The van der Waals surface area contributed by atoms with Gasteiger partial charge in [0.25, 0.3) is 0 Å². The number of ketones is 1. The minimum Gasteiger partial charge on any atom is -0.294 e. The molecule has 0 aromatic heterocycles. The molecule has 0 aliphatic carbocycles. The summed E-state index contributed by atoms with van der Waals surface area (Å²) in [7, 11) is 0. The highest BCUT2D eigenvalue weighted by molar-refractivity contribution is 9.10. The third-order valence-corrected chi connectivity index (χ3v) is 4.36. The second kappa shape index (κ2) is 6.12. The second-order valence-corrected chi connectivity index (χ2v) is 6.77. The number of hydrogen-bond donors (Lipinski definition) is 0. The van der Waals surface area contributed by atoms with Crippen molar-refractivity contribution in [3.8, 4) is 0 Å². The van der Waals surface area contributed by atoms with Gasteiger partial charge < -0.3 is 0 Å². The van der Waals surface area contributed by atoms with Crippen LogP contribution in [0.3, 0.4) is 0 Å². The normalized spacial score (nSPS) is 10.8. The molecule has 0 saturated carbocycles. The Morgan fingerprint density at radius 3 is 2.33 bits per heavy atom. The molecule has 3 rings (SSSR count). The minimum absolute atomic E-state index is 0.137. The molecule has 0 saturated heterocycles. The van der Waals surface area contributed by atoms with Gasteiger partial charge in [-0.1, -0.05) is 62.2 Å². The quantitative estimate of drug-likeness (QED) is 0.505. The molecule has 3 aromatic carbocycles. The zero-order valence-corrected chi connectivity index (χ0v) is 14.3. The molecule has 0 atom stereocenters. The molecule has 3 heteroatoms. The van der Waals surface area contributed by atoms with Crippen LogP contribution in [-0.4, -0.2) is 5.78 Å². The highest BCUT2D eigenvalue weighted by Crippen LogP contribution is 2.22. The van der Waals surface area contributed by atoms with Gasteiger partial charge in [-0.15, -0.1) is 0 Å². The summed E-state index contributed by atoms with van der Waals surface area (Å²) >= 11 is 6.89. The number of halogens is 2. The number of fused-ring (bicyclic) bond motifs is 1. The van der Waals surface area contributed by atoms with E-state index in [4.69, 9.17) is 0 Å². The van der Waals surface area contributed by atoms with Crippen LogP contribution in [0.2, 0.25) is 0 Å². The molecule has 0 amide bonds. The molecular formula is C18H12Br2O. The fourth-order valence-electron chi connectivity index (χ4n) is 2.32. The molecule has 0 aliphatic heterocycles. The molecule has 0 bridgehead atoms. The van der Waals surface area contributed by atoms with Crippen molar-refractivity contribution in [2.24, 2.45) is 0 Å². The molecule has 0 radical (unpaired) electrons. The Bertz CT molecular complexity index is 824. The van der Waals surface area contributed by atoms with Crippen LogP contribution in [0.5, 0.6) is 0 Å². The van der Waals surface area contributed by atoms with E-state index < -0.39 is 0 Å². The maximum atomic E-state index is 12.4. The van der Waals surface area contributed by atoms with Gasteiger partial charge in [-0.2, -0.15) is 0 Å². The molecule has 21 heavy (non-hydrogen) atoms. The molecule has 0 fully saturated rings. The van der Waals surface area contributed by atoms with Gasteiger partial charge in [0.05, 0.1) is 0 Å². The fourth-order valence-corrected chi connectivity index (χ4v) is 3.15. The first kappa shape index (κ1) is 14.5. The number of benzene rings is 3. The van der Waals surface area contributed by atoms with Crippen molar-refractivity contribution in [2.45, 2.75) is 6.42 Å². The van der Waals surface area contributed by atoms with E-state index >= 15 is 0 Å². The minimum atomic E-state index is 0.137. The highest BCUT2D eigenvalue weighted by atomic mass is 79.9. The van der Waals surface area contributed by atoms with Crippen LogP contribution >= 0.6 is 31.9 Å². The van der Waals surface area contributed by atoms with Crippen LogP contribution in [0, 0.1) is 0 Å². The lowest BCUT2D eigenvalue weighted by Gasteiger charge is -2.05. The number of carbonyl (C=O) groups is 1. The van der Waals surface area contributed by atoms with Gasteiger partial charge in [-0.05, 0) is 46.7 Å². The summed E-state index contributed by atoms with van der Waals surface area (Å²) in [5.41, 5.74) is 1.77. The number of hydrogen-bond acceptors (Lipinski definition) is 1. The number of carbonyl (C=O) groups excluding carboxylic acids is 1.